The molecule has 0 aromatic carbocycles. The molecule has 0 radical (unpaired) electrons. The molecule has 1 N–H and O–H groups in total. The Morgan fingerprint density at radius 2 is 2.37 bits per heavy atom. The minimum Gasteiger partial charge on any atom is -0.356 e. The molecule has 0 bridgehead atoms. The van der Waals surface area contributed by atoms with E-state index in [2.05, 4.69) is 20.4 Å². The highest BCUT2D eigenvalue weighted by Gasteiger charge is 2.23. The van der Waals surface area contributed by atoms with E-state index >= 15 is 0 Å². The Kier molecular flexibility index (Phi) is 4.90. The van der Waals surface area contributed by atoms with Crippen LogP contribution >= 0.6 is 0 Å². The average molecular weight is 266 g/mol. The van der Waals surface area contributed by atoms with Gasteiger partial charge in [0.1, 0.15) is 0 Å². The number of carbonyl (C=O) groups is 1. The average Bonchev–Trinajstić information content (AvgIpc) is 2.77. The van der Waals surface area contributed by atoms with Gasteiger partial charge >= 0.3 is 0 Å². The zero-order chi connectivity index (χ0) is 13.7. The third-order valence-electron chi connectivity index (χ3n) is 3.51. The van der Waals surface area contributed by atoms with E-state index < -0.39 is 0 Å². The summed E-state index contributed by atoms with van der Waals surface area (Å²) >= 11 is 0. The van der Waals surface area contributed by atoms with Gasteiger partial charge in [-0.25, -0.2) is 0 Å². The topological polar surface area (TPSA) is 71.3 Å². The fraction of sp³-hybridized carbons (Fsp3) is 0.769. The largest absolute Gasteiger partial charge is 0.356 e. The van der Waals surface area contributed by atoms with E-state index in [4.69, 9.17) is 4.52 Å². The summed E-state index contributed by atoms with van der Waals surface area (Å²) in [4.78, 5) is 17.6. The Morgan fingerprint density at radius 3 is 3.05 bits per heavy atom. The SMILES string of the molecule is CC(=O)NCC[C@@H]1CCCCN1Cc1noc(C)n1. The van der Waals surface area contributed by atoms with Gasteiger partial charge in [-0.15, -0.1) is 0 Å². The molecular formula is C13H22N4O2. The minimum absolute atomic E-state index is 0.0381. The van der Waals surface area contributed by atoms with Gasteiger partial charge in [-0.2, -0.15) is 4.98 Å². The Bertz CT molecular complexity index is 419. The number of amides is 1. The highest BCUT2D eigenvalue weighted by molar-refractivity contribution is 5.72. The third-order valence-corrected chi connectivity index (χ3v) is 3.51. The van der Waals surface area contributed by atoms with Crippen molar-refractivity contribution in [2.24, 2.45) is 0 Å². The van der Waals surface area contributed by atoms with Gasteiger partial charge in [0.15, 0.2) is 5.82 Å². The first kappa shape index (κ1) is 14.0. The first-order valence-electron chi connectivity index (χ1n) is 6.93. The Morgan fingerprint density at radius 1 is 1.53 bits per heavy atom. The van der Waals surface area contributed by atoms with E-state index in [1.54, 1.807) is 13.8 Å². The Labute approximate surface area is 113 Å². The smallest absolute Gasteiger partial charge is 0.223 e. The molecule has 1 atom stereocenters. The summed E-state index contributed by atoms with van der Waals surface area (Å²) in [6, 6.07) is 0.499. The summed E-state index contributed by atoms with van der Waals surface area (Å²) in [6.45, 7) is 5.91. The van der Waals surface area contributed by atoms with Crippen LogP contribution in [0.5, 0.6) is 0 Å². The molecule has 106 valence electrons. The molecule has 0 unspecified atom stereocenters. The standard InChI is InChI=1S/C13H22N4O2/c1-10(18)14-7-6-12-5-3-4-8-17(12)9-13-15-11(2)19-16-13/h12H,3-9H2,1-2H3,(H,14,18)/t12-/m0/s1. The number of piperidine rings is 1. The normalized spacial score (nSPS) is 20.4. The van der Waals surface area contributed by atoms with Gasteiger partial charge in [0.25, 0.3) is 0 Å². The molecule has 1 aliphatic rings. The predicted molar refractivity (Wildman–Crippen MR) is 70.4 cm³/mol. The van der Waals surface area contributed by atoms with Gasteiger partial charge in [0.2, 0.25) is 11.8 Å². The molecule has 1 saturated heterocycles. The van der Waals surface area contributed by atoms with Gasteiger partial charge in [0, 0.05) is 26.4 Å². The van der Waals surface area contributed by atoms with Crippen molar-refractivity contribution in [3.05, 3.63) is 11.7 Å². The van der Waals surface area contributed by atoms with Crippen LogP contribution in [0.1, 0.15) is 44.3 Å². The van der Waals surface area contributed by atoms with Crippen LogP contribution in [-0.2, 0) is 11.3 Å². The lowest BCUT2D eigenvalue weighted by molar-refractivity contribution is -0.119. The number of hydrogen-bond donors (Lipinski definition) is 1. The maximum atomic E-state index is 10.9. The van der Waals surface area contributed by atoms with E-state index in [0.717, 1.165) is 31.9 Å². The summed E-state index contributed by atoms with van der Waals surface area (Å²) in [7, 11) is 0. The van der Waals surface area contributed by atoms with E-state index in [1.807, 2.05) is 0 Å². The van der Waals surface area contributed by atoms with Crippen molar-refractivity contribution in [2.75, 3.05) is 13.1 Å². The second-order valence-corrected chi connectivity index (χ2v) is 5.12. The Balaban J connectivity index is 1.86. The maximum Gasteiger partial charge on any atom is 0.223 e. The van der Waals surface area contributed by atoms with Crippen LogP contribution in [0.3, 0.4) is 0 Å². The number of nitrogens with zero attached hydrogens (tertiary/aromatic N) is 3. The third kappa shape index (κ3) is 4.31. The lowest BCUT2D eigenvalue weighted by Gasteiger charge is -2.34. The second kappa shape index (κ2) is 6.65. The number of nitrogens with one attached hydrogen (secondary N) is 1. The quantitative estimate of drug-likeness (QED) is 0.868. The summed E-state index contributed by atoms with van der Waals surface area (Å²) in [5.41, 5.74) is 0. The number of aromatic nitrogens is 2. The molecule has 1 aromatic heterocycles. The number of likely N-dealkylation sites (tertiary alicyclic amines) is 1. The van der Waals surface area contributed by atoms with E-state index in [9.17, 15) is 4.79 Å². The first-order valence-corrected chi connectivity index (χ1v) is 6.93. The Hall–Kier alpha value is -1.43. The van der Waals surface area contributed by atoms with Crippen LogP contribution in [0.4, 0.5) is 0 Å². The fourth-order valence-corrected chi connectivity index (χ4v) is 2.60. The molecule has 0 spiro atoms. The minimum atomic E-state index is 0.0381. The van der Waals surface area contributed by atoms with E-state index in [1.165, 1.54) is 19.3 Å². The monoisotopic (exact) mass is 266 g/mol. The fourth-order valence-electron chi connectivity index (χ4n) is 2.60. The second-order valence-electron chi connectivity index (χ2n) is 5.12. The van der Waals surface area contributed by atoms with Crippen molar-refractivity contribution in [2.45, 2.75) is 52.1 Å². The summed E-state index contributed by atoms with van der Waals surface area (Å²) in [5, 5.41) is 6.82. The molecule has 19 heavy (non-hydrogen) atoms. The molecule has 1 aromatic rings. The first-order chi connectivity index (χ1) is 9.15. The van der Waals surface area contributed by atoms with Crippen LogP contribution < -0.4 is 5.32 Å². The van der Waals surface area contributed by atoms with Gasteiger partial charge in [-0.1, -0.05) is 11.6 Å². The molecule has 0 saturated carbocycles. The zero-order valence-corrected chi connectivity index (χ0v) is 11.7. The van der Waals surface area contributed by atoms with E-state index in [-0.39, 0.29) is 5.91 Å². The van der Waals surface area contributed by atoms with Crippen LogP contribution in [0.25, 0.3) is 0 Å². The molecule has 2 rings (SSSR count). The van der Waals surface area contributed by atoms with Gasteiger partial charge in [-0.3, -0.25) is 9.69 Å². The van der Waals surface area contributed by atoms with Crippen LogP contribution in [0, 0.1) is 6.92 Å². The lowest BCUT2D eigenvalue weighted by Crippen LogP contribution is -2.41. The molecule has 1 fully saturated rings. The lowest BCUT2D eigenvalue weighted by atomic mass is 9.99. The van der Waals surface area contributed by atoms with Crippen molar-refractivity contribution in [3.8, 4) is 0 Å². The zero-order valence-electron chi connectivity index (χ0n) is 11.7. The van der Waals surface area contributed by atoms with Crippen LogP contribution in [0.2, 0.25) is 0 Å². The molecule has 6 heteroatoms. The van der Waals surface area contributed by atoms with Crippen molar-refractivity contribution in [1.29, 1.82) is 0 Å². The highest BCUT2D eigenvalue weighted by Crippen LogP contribution is 2.20. The van der Waals surface area contributed by atoms with Gasteiger partial charge < -0.3 is 9.84 Å². The van der Waals surface area contributed by atoms with E-state index in [0.29, 0.717) is 11.9 Å². The van der Waals surface area contributed by atoms with Crippen LogP contribution in [0.15, 0.2) is 4.52 Å². The van der Waals surface area contributed by atoms with Gasteiger partial charge in [-0.05, 0) is 25.8 Å². The highest BCUT2D eigenvalue weighted by atomic mass is 16.5. The summed E-state index contributed by atoms with van der Waals surface area (Å²) < 4.78 is 5.01. The van der Waals surface area contributed by atoms with Crippen molar-refractivity contribution >= 4 is 5.91 Å². The number of hydrogen-bond acceptors (Lipinski definition) is 5. The molecule has 1 aliphatic heterocycles. The number of carbonyl (C=O) groups excluding carboxylic acids is 1. The molecule has 0 aliphatic carbocycles. The number of rotatable bonds is 5. The predicted octanol–water partition coefficient (Wildman–Crippen LogP) is 1.26. The van der Waals surface area contributed by atoms with Gasteiger partial charge in [0.05, 0.1) is 6.54 Å². The van der Waals surface area contributed by atoms with Crippen LogP contribution in [-0.4, -0.2) is 40.1 Å². The summed E-state index contributed by atoms with van der Waals surface area (Å²) in [6.07, 6.45) is 4.63. The summed E-state index contributed by atoms with van der Waals surface area (Å²) in [5.74, 6) is 1.40. The molecular weight excluding hydrogens is 244 g/mol. The van der Waals surface area contributed by atoms with Crippen molar-refractivity contribution in [1.82, 2.24) is 20.4 Å². The molecule has 2 heterocycles. The maximum absolute atomic E-state index is 10.9. The molecule has 6 nitrogen and oxygen atoms in total. The molecule has 1 amide bonds. The number of aryl methyl sites for hydroxylation is 1. The van der Waals surface area contributed by atoms with Crippen molar-refractivity contribution < 1.29 is 9.32 Å². The van der Waals surface area contributed by atoms with Crippen molar-refractivity contribution in [3.63, 3.8) is 0 Å².